The molecule has 8 heteroatoms. The molecule has 0 aliphatic heterocycles. The van der Waals surface area contributed by atoms with E-state index in [1.807, 2.05) is 18.3 Å². The summed E-state index contributed by atoms with van der Waals surface area (Å²) in [4.78, 5) is 4.34. The number of thiazole rings is 1. The van der Waals surface area contributed by atoms with Gasteiger partial charge in [-0.05, 0) is 18.6 Å². The fourth-order valence-corrected chi connectivity index (χ4v) is 2.92. The van der Waals surface area contributed by atoms with E-state index in [0.717, 1.165) is 21.6 Å². The average molecular weight is 324 g/mol. The topological polar surface area (TPSA) is 75.9 Å². The van der Waals surface area contributed by atoms with Crippen molar-refractivity contribution in [2.24, 2.45) is 0 Å². The molecule has 0 atom stereocenters. The SMILES string of the molecule is OCCCn1cc(CNc2c(Cl)ccc3scnc23)nn1. The molecule has 0 bridgehead atoms. The highest BCUT2D eigenvalue weighted by Crippen LogP contribution is 2.32. The Morgan fingerprint density at radius 3 is 3.14 bits per heavy atom. The minimum absolute atomic E-state index is 0.148. The predicted molar refractivity (Wildman–Crippen MR) is 83.7 cm³/mol. The first-order chi connectivity index (χ1) is 10.3. The number of nitrogens with zero attached hydrogens (tertiary/aromatic N) is 4. The summed E-state index contributed by atoms with van der Waals surface area (Å²) >= 11 is 7.81. The number of hydrogen-bond acceptors (Lipinski definition) is 6. The molecular formula is C13H14ClN5OS. The molecule has 0 aliphatic rings. The third-order valence-electron chi connectivity index (χ3n) is 3.03. The summed E-state index contributed by atoms with van der Waals surface area (Å²) < 4.78 is 2.81. The molecule has 2 aromatic heterocycles. The van der Waals surface area contributed by atoms with E-state index in [4.69, 9.17) is 16.7 Å². The number of nitrogens with one attached hydrogen (secondary N) is 1. The highest BCUT2D eigenvalue weighted by Gasteiger charge is 2.09. The van der Waals surface area contributed by atoms with Crippen LogP contribution in [-0.4, -0.2) is 31.7 Å². The molecule has 0 unspecified atom stereocenters. The zero-order valence-electron chi connectivity index (χ0n) is 11.2. The van der Waals surface area contributed by atoms with Gasteiger partial charge >= 0.3 is 0 Å². The van der Waals surface area contributed by atoms with Crippen LogP contribution in [0.15, 0.2) is 23.8 Å². The molecule has 1 aromatic carbocycles. The summed E-state index contributed by atoms with van der Waals surface area (Å²) in [6.45, 7) is 1.33. The Balaban J connectivity index is 1.73. The van der Waals surface area contributed by atoms with E-state index < -0.39 is 0 Å². The monoisotopic (exact) mass is 323 g/mol. The maximum atomic E-state index is 8.80. The third-order valence-corrected chi connectivity index (χ3v) is 4.14. The number of halogens is 1. The number of hydrogen-bond donors (Lipinski definition) is 2. The molecule has 0 spiro atoms. The summed E-state index contributed by atoms with van der Waals surface area (Å²) in [5.41, 5.74) is 4.31. The van der Waals surface area contributed by atoms with Crippen molar-refractivity contribution in [2.45, 2.75) is 19.5 Å². The van der Waals surface area contributed by atoms with Crippen LogP contribution in [0.25, 0.3) is 10.2 Å². The van der Waals surface area contributed by atoms with Gasteiger partial charge in [0.15, 0.2) is 0 Å². The second-order valence-electron chi connectivity index (χ2n) is 4.53. The number of benzene rings is 1. The molecule has 0 amide bonds. The van der Waals surface area contributed by atoms with Crippen LogP contribution in [0, 0.1) is 0 Å². The lowest BCUT2D eigenvalue weighted by molar-refractivity contribution is 0.276. The molecule has 21 heavy (non-hydrogen) atoms. The van der Waals surface area contributed by atoms with Crippen molar-refractivity contribution < 1.29 is 5.11 Å². The van der Waals surface area contributed by atoms with Crippen molar-refractivity contribution >= 4 is 38.8 Å². The minimum Gasteiger partial charge on any atom is -0.396 e. The smallest absolute Gasteiger partial charge is 0.106 e. The van der Waals surface area contributed by atoms with Crippen LogP contribution in [0.1, 0.15) is 12.1 Å². The lowest BCUT2D eigenvalue weighted by Gasteiger charge is -2.07. The van der Waals surface area contributed by atoms with Crippen LogP contribution < -0.4 is 5.32 Å². The summed E-state index contributed by atoms with van der Waals surface area (Å²) in [5, 5.41) is 20.8. The van der Waals surface area contributed by atoms with Crippen molar-refractivity contribution in [3.8, 4) is 0 Å². The molecule has 2 heterocycles. The molecular weight excluding hydrogens is 310 g/mol. The van der Waals surface area contributed by atoms with Crippen LogP contribution in [0.5, 0.6) is 0 Å². The third kappa shape index (κ3) is 3.15. The van der Waals surface area contributed by atoms with Crippen molar-refractivity contribution in [3.05, 3.63) is 34.6 Å². The predicted octanol–water partition coefficient (Wildman–Crippen LogP) is 2.54. The number of rotatable bonds is 6. The highest BCUT2D eigenvalue weighted by molar-refractivity contribution is 7.16. The van der Waals surface area contributed by atoms with Crippen molar-refractivity contribution in [1.82, 2.24) is 20.0 Å². The van der Waals surface area contributed by atoms with Crippen LogP contribution in [-0.2, 0) is 13.1 Å². The summed E-state index contributed by atoms with van der Waals surface area (Å²) in [6, 6.07) is 3.83. The van der Waals surface area contributed by atoms with Gasteiger partial charge in [0.05, 0.1) is 33.7 Å². The van der Waals surface area contributed by atoms with E-state index in [1.165, 1.54) is 0 Å². The Hall–Kier alpha value is -1.70. The fraction of sp³-hybridized carbons (Fsp3) is 0.308. The Kier molecular flexibility index (Phi) is 4.33. The first-order valence-corrected chi connectivity index (χ1v) is 7.79. The molecule has 2 N–H and O–H groups in total. The summed E-state index contributed by atoms with van der Waals surface area (Å²) in [6.07, 6.45) is 2.53. The molecule has 110 valence electrons. The second-order valence-corrected chi connectivity index (χ2v) is 5.82. The van der Waals surface area contributed by atoms with Gasteiger partial charge in [-0.15, -0.1) is 16.4 Å². The zero-order valence-corrected chi connectivity index (χ0v) is 12.7. The van der Waals surface area contributed by atoms with Gasteiger partial charge in [-0.2, -0.15) is 0 Å². The van der Waals surface area contributed by atoms with Crippen LogP contribution in [0.2, 0.25) is 5.02 Å². The largest absolute Gasteiger partial charge is 0.396 e. The number of aryl methyl sites for hydroxylation is 1. The Bertz CT molecular complexity index is 741. The first kappa shape index (κ1) is 14.2. The minimum atomic E-state index is 0.148. The molecule has 3 rings (SSSR count). The maximum Gasteiger partial charge on any atom is 0.106 e. The van der Waals surface area contributed by atoms with E-state index in [-0.39, 0.29) is 6.61 Å². The molecule has 0 radical (unpaired) electrons. The molecule has 3 aromatic rings. The van der Waals surface area contributed by atoms with E-state index in [1.54, 1.807) is 21.5 Å². The van der Waals surface area contributed by atoms with Crippen LogP contribution >= 0.6 is 22.9 Å². The van der Waals surface area contributed by atoms with E-state index in [9.17, 15) is 0 Å². The molecule has 0 saturated heterocycles. The van der Waals surface area contributed by atoms with Gasteiger partial charge < -0.3 is 10.4 Å². The van der Waals surface area contributed by atoms with E-state index in [0.29, 0.717) is 24.5 Å². The van der Waals surface area contributed by atoms with Crippen LogP contribution in [0.4, 0.5) is 5.69 Å². The normalized spacial score (nSPS) is 11.1. The Morgan fingerprint density at radius 2 is 2.29 bits per heavy atom. The maximum absolute atomic E-state index is 8.80. The fourth-order valence-electron chi connectivity index (χ4n) is 2.02. The quantitative estimate of drug-likeness (QED) is 0.729. The molecule has 6 nitrogen and oxygen atoms in total. The number of aromatic nitrogens is 4. The van der Waals surface area contributed by atoms with Crippen molar-refractivity contribution in [3.63, 3.8) is 0 Å². The Morgan fingerprint density at radius 1 is 1.38 bits per heavy atom. The number of fused-ring (bicyclic) bond motifs is 1. The number of aliphatic hydroxyl groups is 1. The van der Waals surface area contributed by atoms with Gasteiger partial charge in [0.2, 0.25) is 0 Å². The van der Waals surface area contributed by atoms with E-state index in [2.05, 4.69) is 20.6 Å². The molecule has 0 fully saturated rings. The lowest BCUT2D eigenvalue weighted by Crippen LogP contribution is -2.01. The van der Waals surface area contributed by atoms with Crippen molar-refractivity contribution in [1.29, 1.82) is 0 Å². The molecule has 0 saturated carbocycles. The van der Waals surface area contributed by atoms with Gasteiger partial charge in [-0.3, -0.25) is 4.68 Å². The van der Waals surface area contributed by atoms with Gasteiger partial charge in [-0.25, -0.2) is 4.98 Å². The van der Waals surface area contributed by atoms with Gasteiger partial charge in [-0.1, -0.05) is 16.8 Å². The van der Waals surface area contributed by atoms with Crippen LogP contribution in [0.3, 0.4) is 0 Å². The number of aliphatic hydroxyl groups excluding tert-OH is 1. The lowest BCUT2D eigenvalue weighted by atomic mass is 10.3. The molecule has 0 aliphatic carbocycles. The van der Waals surface area contributed by atoms with E-state index >= 15 is 0 Å². The average Bonchev–Trinajstić information content (AvgIpc) is 3.13. The Labute approximate surface area is 130 Å². The van der Waals surface area contributed by atoms with Crippen molar-refractivity contribution in [2.75, 3.05) is 11.9 Å². The van der Waals surface area contributed by atoms with Gasteiger partial charge in [0, 0.05) is 13.2 Å². The number of anilines is 1. The summed E-state index contributed by atoms with van der Waals surface area (Å²) in [5.74, 6) is 0. The second kappa shape index (κ2) is 6.38. The highest BCUT2D eigenvalue weighted by atomic mass is 35.5. The summed E-state index contributed by atoms with van der Waals surface area (Å²) in [7, 11) is 0. The standard InChI is InChI=1S/C13H14ClN5OS/c14-10-2-3-11-13(16-8-21-11)12(10)15-6-9-7-19(18-17-9)4-1-5-20/h2-3,7-8,15,20H,1,4-6H2. The zero-order chi connectivity index (χ0) is 14.7. The first-order valence-electron chi connectivity index (χ1n) is 6.53. The van der Waals surface area contributed by atoms with Gasteiger partial charge in [0.25, 0.3) is 0 Å². The van der Waals surface area contributed by atoms with Gasteiger partial charge in [0.1, 0.15) is 11.2 Å².